The van der Waals surface area contributed by atoms with Gasteiger partial charge in [0.25, 0.3) is 0 Å². The molecule has 1 heterocycles. The van der Waals surface area contributed by atoms with E-state index in [4.69, 9.17) is 18.9 Å². The van der Waals surface area contributed by atoms with Gasteiger partial charge in [-0.25, -0.2) is 4.79 Å². The Morgan fingerprint density at radius 2 is 0.824 bits per heavy atom. The number of ether oxygens (including phenoxy) is 4. The zero-order chi connectivity index (χ0) is 49.6. The molecular formula is C57H100O11. The number of carboxylic acid groups (broad SMARTS) is 1. The molecule has 0 amide bonds. The molecule has 1 rings (SSSR count). The fraction of sp³-hybridized carbons (Fsp3) is 0.807. The zero-order valence-corrected chi connectivity index (χ0v) is 43.1. The maximum atomic E-state index is 12.9. The quantitative estimate of drug-likeness (QED) is 0.0260. The van der Waals surface area contributed by atoms with Crippen LogP contribution in [-0.2, 0) is 33.3 Å². The number of rotatable bonds is 47. The van der Waals surface area contributed by atoms with Gasteiger partial charge in [-0.15, -0.1) is 0 Å². The first-order valence-corrected chi connectivity index (χ1v) is 27.7. The molecule has 0 aromatic carbocycles. The average molecular weight is 961 g/mol. The minimum Gasteiger partial charge on any atom is -0.479 e. The van der Waals surface area contributed by atoms with Crippen LogP contribution in [0.4, 0.5) is 0 Å². The minimum absolute atomic E-state index is 0.177. The van der Waals surface area contributed by atoms with Crippen LogP contribution in [0, 0.1) is 0 Å². The van der Waals surface area contributed by atoms with Gasteiger partial charge in [-0.3, -0.25) is 9.59 Å². The lowest BCUT2D eigenvalue weighted by Crippen LogP contribution is -2.60. The number of aliphatic carboxylic acids is 1. The van der Waals surface area contributed by atoms with Crippen molar-refractivity contribution in [2.75, 3.05) is 13.2 Å². The SMILES string of the molecule is CCCCCCC/C=C\C/C=C\CCCCCCCCCCCC(=O)OCC(COC1OC(C(=O)O)C(O)C(O)C1O)OC(=O)CCCCCCCCCCC/C=C\C/C=C\CCCCCCC. The lowest BCUT2D eigenvalue weighted by molar-refractivity contribution is -0.298. The van der Waals surface area contributed by atoms with Crippen molar-refractivity contribution >= 4 is 17.9 Å². The van der Waals surface area contributed by atoms with E-state index in [2.05, 4.69) is 62.5 Å². The predicted octanol–water partition coefficient (Wildman–Crippen LogP) is 13.7. The van der Waals surface area contributed by atoms with Gasteiger partial charge < -0.3 is 39.4 Å². The molecule has 0 saturated carbocycles. The normalized spacial score (nSPS) is 19.2. The highest BCUT2D eigenvalue weighted by Gasteiger charge is 2.47. The number of aliphatic hydroxyl groups excluding tert-OH is 3. The summed E-state index contributed by atoms with van der Waals surface area (Å²) in [5, 5.41) is 40.0. The lowest BCUT2D eigenvalue weighted by Gasteiger charge is -2.38. The third kappa shape index (κ3) is 37.1. The van der Waals surface area contributed by atoms with Crippen LogP contribution in [-0.4, -0.2) is 88.4 Å². The molecule has 1 aliphatic heterocycles. The van der Waals surface area contributed by atoms with Crippen molar-refractivity contribution < 1.29 is 53.8 Å². The van der Waals surface area contributed by atoms with E-state index in [1.54, 1.807) is 0 Å². The van der Waals surface area contributed by atoms with Crippen LogP contribution >= 0.6 is 0 Å². The number of hydrogen-bond donors (Lipinski definition) is 4. The van der Waals surface area contributed by atoms with Gasteiger partial charge in [-0.1, -0.05) is 204 Å². The molecule has 11 heteroatoms. The number of esters is 2. The van der Waals surface area contributed by atoms with Gasteiger partial charge in [-0.05, 0) is 77.0 Å². The van der Waals surface area contributed by atoms with Crippen LogP contribution in [0.3, 0.4) is 0 Å². The van der Waals surface area contributed by atoms with Crippen molar-refractivity contribution in [3.05, 3.63) is 48.6 Å². The van der Waals surface area contributed by atoms with Crippen molar-refractivity contribution in [3.63, 3.8) is 0 Å². The molecule has 1 fully saturated rings. The summed E-state index contributed by atoms with van der Waals surface area (Å²) in [6.07, 6.45) is 48.7. The van der Waals surface area contributed by atoms with E-state index >= 15 is 0 Å². The molecule has 1 saturated heterocycles. The Kier molecular flexibility index (Phi) is 43.3. The second-order valence-corrected chi connectivity index (χ2v) is 19.1. The highest BCUT2D eigenvalue weighted by atomic mass is 16.7. The zero-order valence-electron chi connectivity index (χ0n) is 43.1. The van der Waals surface area contributed by atoms with Gasteiger partial charge in [0.1, 0.15) is 24.9 Å². The van der Waals surface area contributed by atoms with Gasteiger partial charge in [0, 0.05) is 12.8 Å². The molecule has 0 aromatic heterocycles. The molecule has 1 aliphatic rings. The summed E-state index contributed by atoms with van der Waals surface area (Å²) in [5.41, 5.74) is 0. The summed E-state index contributed by atoms with van der Waals surface area (Å²) >= 11 is 0. The topological polar surface area (TPSA) is 169 Å². The first-order valence-electron chi connectivity index (χ1n) is 27.7. The highest BCUT2D eigenvalue weighted by molar-refractivity contribution is 5.73. The van der Waals surface area contributed by atoms with Gasteiger partial charge in [-0.2, -0.15) is 0 Å². The summed E-state index contributed by atoms with van der Waals surface area (Å²) in [5.74, 6) is -2.45. The van der Waals surface area contributed by atoms with E-state index in [1.807, 2.05) is 0 Å². The second kappa shape index (κ2) is 46.5. The molecule has 394 valence electrons. The van der Waals surface area contributed by atoms with E-state index < -0.39 is 61.3 Å². The Hall–Kier alpha value is -2.83. The molecule has 11 nitrogen and oxygen atoms in total. The largest absolute Gasteiger partial charge is 0.479 e. The Morgan fingerprint density at radius 3 is 1.22 bits per heavy atom. The monoisotopic (exact) mass is 961 g/mol. The van der Waals surface area contributed by atoms with Crippen molar-refractivity contribution in [1.82, 2.24) is 0 Å². The molecular weight excluding hydrogens is 861 g/mol. The van der Waals surface area contributed by atoms with E-state index in [0.717, 1.165) is 64.2 Å². The van der Waals surface area contributed by atoms with Crippen LogP contribution in [0.2, 0.25) is 0 Å². The predicted molar refractivity (Wildman–Crippen MR) is 275 cm³/mol. The Balaban J connectivity index is 2.27. The number of hydrogen-bond acceptors (Lipinski definition) is 10. The maximum Gasteiger partial charge on any atom is 0.335 e. The van der Waals surface area contributed by atoms with Crippen molar-refractivity contribution in [2.45, 2.75) is 282 Å². The van der Waals surface area contributed by atoms with Gasteiger partial charge >= 0.3 is 17.9 Å². The van der Waals surface area contributed by atoms with Crippen LogP contribution in [0.5, 0.6) is 0 Å². The van der Waals surface area contributed by atoms with Crippen LogP contribution in [0.15, 0.2) is 48.6 Å². The minimum atomic E-state index is -1.86. The molecule has 6 atom stereocenters. The van der Waals surface area contributed by atoms with Crippen molar-refractivity contribution in [2.24, 2.45) is 0 Å². The van der Waals surface area contributed by atoms with Crippen LogP contribution in [0.25, 0.3) is 0 Å². The third-order valence-electron chi connectivity index (χ3n) is 12.7. The number of unbranched alkanes of at least 4 members (excludes halogenated alkanes) is 28. The molecule has 0 aliphatic carbocycles. The summed E-state index contributed by atoms with van der Waals surface area (Å²) in [6.45, 7) is 3.82. The lowest BCUT2D eigenvalue weighted by atomic mass is 9.99. The Bertz CT molecular complexity index is 1310. The molecule has 68 heavy (non-hydrogen) atoms. The highest BCUT2D eigenvalue weighted by Crippen LogP contribution is 2.23. The molecule has 0 aromatic rings. The molecule has 0 bridgehead atoms. The van der Waals surface area contributed by atoms with E-state index in [1.165, 1.54) is 141 Å². The van der Waals surface area contributed by atoms with Crippen molar-refractivity contribution in [3.8, 4) is 0 Å². The van der Waals surface area contributed by atoms with E-state index in [-0.39, 0.29) is 19.4 Å². The summed E-state index contributed by atoms with van der Waals surface area (Å²) < 4.78 is 21.9. The fourth-order valence-corrected chi connectivity index (χ4v) is 8.29. The number of carbonyl (C=O) groups excluding carboxylic acids is 2. The number of aliphatic hydroxyl groups is 3. The van der Waals surface area contributed by atoms with Crippen LogP contribution in [0.1, 0.15) is 245 Å². The Morgan fingerprint density at radius 1 is 0.456 bits per heavy atom. The third-order valence-corrected chi connectivity index (χ3v) is 12.7. The summed E-state index contributed by atoms with van der Waals surface area (Å²) in [4.78, 5) is 37.1. The molecule has 0 spiro atoms. The number of allylic oxidation sites excluding steroid dienone is 8. The molecule has 6 unspecified atom stereocenters. The first kappa shape index (κ1) is 63.2. The van der Waals surface area contributed by atoms with E-state index in [9.17, 15) is 34.8 Å². The molecule has 0 radical (unpaired) electrons. The first-order chi connectivity index (χ1) is 33.2. The van der Waals surface area contributed by atoms with Crippen LogP contribution < -0.4 is 0 Å². The van der Waals surface area contributed by atoms with Crippen molar-refractivity contribution in [1.29, 1.82) is 0 Å². The maximum absolute atomic E-state index is 12.9. The van der Waals surface area contributed by atoms with Gasteiger partial charge in [0.05, 0.1) is 6.61 Å². The summed E-state index contributed by atoms with van der Waals surface area (Å²) in [7, 11) is 0. The Labute approximate surface area is 414 Å². The van der Waals surface area contributed by atoms with Gasteiger partial charge in [0.15, 0.2) is 18.5 Å². The number of carboxylic acids is 1. The summed E-state index contributed by atoms with van der Waals surface area (Å²) in [6, 6.07) is 0. The second-order valence-electron chi connectivity index (χ2n) is 19.1. The molecule has 4 N–H and O–H groups in total. The average Bonchev–Trinajstić information content (AvgIpc) is 3.32. The fourth-order valence-electron chi connectivity index (χ4n) is 8.29. The standard InChI is InChI=1S/C57H100O11/c1-3-5-7-9-11-13-15-17-19-21-23-25-27-29-31-33-35-37-39-41-43-45-50(58)65-47-49(48-66-57-54(62)52(60)53(61)55(68-57)56(63)64)67-51(59)46-44-42-40-38-36-34-32-30-28-26-24-22-20-18-16-14-12-10-8-6-4-2/h15-18,21-24,49,52-55,57,60-62H,3-14,19-20,25-48H2,1-2H3,(H,63,64)/b17-15-,18-16-,23-21-,24-22-. The van der Waals surface area contributed by atoms with E-state index in [0.29, 0.717) is 12.8 Å². The number of carbonyl (C=O) groups is 3. The van der Waals surface area contributed by atoms with Gasteiger partial charge in [0.2, 0.25) is 0 Å². The smallest absolute Gasteiger partial charge is 0.335 e.